The molecule has 1 aromatic heterocycles. The zero-order valence-electron chi connectivity index (χ0n) is 13.5. The first kappa shape index (κ1) is 14.6. The van der Waals surface area contributed by atoms with Crippen molar-refractivity contribution >= 4 is 11.6 Å². The number of nitrogens with one attached hydrogen (secondary N) is 1. The Bertz CT molecular complexity index is 470. The zero-order chi connectivity index (χ0) is 14.7. The molecule has 2 heterocycles. The summed E-state index contributed by atoms with van der Waals surface area (Å²) >= 11 is 0. The van der Waals surface area contributed by atoms with Gasteiger partial charge in [-0.25, -0.2) is 9.97 Å². The average Bonchev–Trinajstić information content (AvgIpc) is 2.48. The Kier molecular flexibility index (Phi) is 4.32. The third kappa shape index (κ3) is 3.30. The lowest BCUT2D eigenvalue weighted by molar-refractivity contribution is 0.144. The molecule has 3 rings (SSSR count). The third-order valence-corrected chi connectivity index (χ3v) is 5.24. The van der Waals surface area contributed by atoms with Gasteiger partial charge in [-0.3, -0.25) is 0 Å². The monoisotopic (exact) mass is 288 g/mol. The van der Waals surface area contributed by atoms with Gasteiger partial charge in [0.05, 0.1) is 0 Å². The van der Waals surface area contributed by atoms with E-state index in [1.54, 1.807) is 0 Å². The van der Waals surface area contributed by atoms with E-state index in [2.05, 4.69) is 33.2 Å². The summed E-state index contributed by atoms with van der Waals surface area (Å²) < 4.78 is 0. The molecular weight excluding hydrogens is 260 g/mol. The van der Waals surface area contributed by atoms with Crippen LogP contribution in [0.15, 0.2) is 6.07 Å². The second kappa shape index (κ2) is 6.20. The molecule has 1 aromatic rings. The molecule has 2 aliphatic rings. The number of rotatable bonds is 3. The summed E-state index contributed by atoms with van der Waals surface area (Å²) in [7, 11) is 0. The molecule has 1 aliphatic carbocycles. The molecule has 0 amide bonds. The first-order valence-electron chi connectivity index (χ1n) is 8.55. The molecular formula is C17H28N4. The molecule has 0 atom stereocenters. The smallest absolute Gasteiger partial charge is 0.134 e. The fourth-order valence-corrected chi connectivity index (χ4v) is 4.00. The van der Waals surface area contributed by atoms with Crippen LogP contribution in [0.5, 0.6) is 0 Å². The zero-order valence-corrected chi connectivity index (χ0v) is 13.5. The maximum Gasteiger partial charge on any atom is 0.134 e. The van der Waals surface area contributed by atoms with Crippen molar-refractivity contribution in [3.8, 4) is 0 Å². The first-order chi connectivity index (χ1) is 10.2. The number of anilines is 2. The summed E-state index contributed by atoms with van der Waals surface area (Å²) in [6.45, 7) is 7.30. The fourth-order valence-electron chi connectivity index (χ4n) is 4.00. The molecule has 1 aliphatic heterocycles. The highest BCUT2D eigenvalue weighted by Gasteiger charge is 2.35. The largest absolute Gasteiger partial charge is 0.370 e. The van der Waals surface area contributed by atoms with Gasteiger partial charge < -0.3 is 10.2 Å². The molecule has 116 valence electrons. The van der Waals surface area contributed by atoms with Crippen molar-refractivity contribution < 1.29 is 0 Å². The molecule has 0 radical (unpaired) electrons. The molecule has 1 N–H and O–H groups in total. The van der Waals surface area contributed by atoms with E-state index < -0.39 is 0 Å². The van der Waals surface area contributed by atoms with E-state index in [9.17, 15) is 0 Å². The van der Waals surface area contributed by atoms with Gasteiger partial charge >= 0.3 is 0 Å². The summed E-state index contributed by atoms with van der Waals surface area (Å²) in [5, 5.41) is 3.31. The minimum absolute atomic E-state index is 0.654. The fraction of sp³-hybridized carbons (Fsp3) is 0.765. The summed E-state index contributed by atoms with van der Waals surface area (Å²) in [4.78, 5) is 11.6. The van der Waals surface area contributed by atoms with Gasteiger partial charge in [-0.1, -0.05) is 19.3 Å². The van der Waals surface area contributed by atoms with Gasteiger partial charge in [0.25, 0.3) is 0 Å². The number of piperidine rings is 1. The van der Waals surface area contributed by atoms with Gasteiger partial charge in [-0.05, 0) is 44.9 Å². The number of hydrogen-bond acceptors (Lipinski definition) is 4. The van der Waals surface area contributed by atoms with E-state index in [4.69, 9.17) is 0 Å². The van der Waals surface area contributed by atoms with Crippen molar-refractivity contribution in [3.05, 3.63) is 11.9 Å². The van der Waals surface area contributed by atoms with Gasteiger partial charge in [-0.15, -0.1) is 0 Å². The second-order valence-electron chi connectivity index (χ2n) is 6.74. The highest BCUT2D eigenvalue weighted by Crippen LogP contribution is 2.45. The van der Waals surface area contributed by atoms with E-state index in [0.29, 0.717) is 5.41 Å². The standard InChI is InChI=1S/C17H28N4/c1-3-18-15-13-16(20-14(2)19-15)21-11-9-17(10-12-21)7-5-4-6-8-17/h13H,3-12H2,1-2H3,(H,18,19,20). The topological polar surface area (TPSA) is 41.0 Å². The quantitative estimate of drug-likeness (QED) is 0.919. The predicted molar refractivity (Wildman–Crippen MR) is 87.9 cm³/mol. The first-order valence-corrected chi connectivity index (χ1v) is 8.55. The van der Waals surface area contributed by atoms with Crippen LogP contribution in [0.25, 0.3) is 0 Å². The Labute approximate surface area is 128 Å². The number of aromatic nitrogens is 2. The van der Waals surface area contributed by atoms with Crippen LogP contribution in [0, 0.1) is 12.3 Å². The lowest BCUT2D eigenvalue weighted by Gasteiger charge is -2.44. The van der Waals surface area contributed by atoms with Crippen molar-refractivity contribution in [1.82, 2.24) is 9.97 Å². The van der Waals surface area contributed by atoms with E-state index in [0.717, 1.165) is 37.1 Å². The molecule has 0 aromatic carbocycles. The molecule has 2 fully saturated rings. The molecule has 21 heavy (non-hydrogen) atoms. The van der Waals surface area contributed by atoms with E-state index in [1.807, 2.05) is 6.92 Å². The molecule has 1 saturated heterocycles. The number of nitrogens with zero attached hydrogens (tertiary/aromatic N) is 3. The Balaban J connectivity index is 1.68. The van der Waals surface area contributed by atoms with Crippen LogP contribution in [0.1, 0.15) is 57.7 Å². The van der Waals surface area contributed by atoms with Crippen molar-refractivity contribution in [2.45, 2.75) is 58.8 Å². The molecule has 4 heteroatoms. The van der Waals surface area contributed by atoms with Crippen LogP contribution in [0.2, 0.25) is 0 Å². The van der Waals surface area contributed by atoms with Crippen molar-refractivity contribution in [2.75, 3.05) is 29.9 Å². The van der Waals surface area contributed by atoms with E-state index >= 15 is 0 Å². The molecule has 1 saturated carbocycles. The third-order valence-electron chi connectivity index (χ3n) is 5.24. The lowest BCUT2D eigenvalue weighted by Crippen LogP contribution is -2.41. The van der Waals surface area contributed by atoms with E-state index in [1.165, 1.54) is 44.9 Å². The SMILES string of the molecule is CCNc1cc(N2CCC3(CCCCC3)CC2)nc(C)n1. The summed E-state index contributed by atoms with van der Waals surface area (Å²) in [6, 6.07) is 2.11. The molecule has 4 nitrogen and oxygen atoms in total. The van der Waals surface area contributed by atoms with Crippen LogP contribution >= 0.6 is 0 Å². The minimum atomic E-state index is 0.654. The van der Waals surface area contributed by atoms with Crippen molar-refractivity contribution in [1.29, 1.82) is 0 Å². The molecule has 0 unspecified atom stereocenters. The van der Waals surface area contributed by atoms with Gasteiger partial charge in [0.15, 0.2) is 0 Å². The van der Waals surface area contributed by atoms with Crippen molar-refractivity contribution in [2.24, 2.45) is 5.41 Å². The Hall–Kier alpha value is -1.32. The van der Waals surface area contributed by atoms with E-state index in [-0.39, 0.29) is 0 Å². The molecule has 0 bridgehead atoms. The minimum Gasteiger partial charge on any atom is -0.370 e. The summed E-state index contributed by atoms with van der Waals surface area (Å²) in [5.41, 5.74) is 0.654. The van der Waals surface area contributed by atoms with Gasteiger partial charge in [0.1, 0.15) is 17.5 Å². The summed E-state index contributed by atoms with van der Waals surface area (Å²) in [6.07, 6.45) is 9.91. The Morgan fingerprint density at radius 1 is 1.10 bits per heavy atom. The Morgan fingerprint density at radius 3 is 2.48 bits per heavy atom. The van der Waals surface area contributed by atoms with Crippen LogP contribution in [-0.2, 0) is 0 Å². The van der Waals surface area contributed by atoms with Gasteiger partial charge in [0, 0.05) is 25.7 Å². The van der Waals surface area contributed by atoms with Gasteiger partial charge in [-0.2, -0.15) is 0 Å². The van der Waals surface area contributed by atoms with Crippen molar-refractivity contribution in [3.63, 3.8) is 0 Å². The predicted octanol–water partition coefficient (Wildman–Crippen LogP) is 3.77. The lowest BCUT2D eigenvalue weighted by atomic mass is 9.68. The Morgan fingerprint density at radius 2 is 1.81 bits per heavy atom. The molecule has 1 spiro atoms. The van der Waals surface area contributed by atoms with Crippen LogP contribution in [0.3, 0.4) is 0 Å². The average molecular weight is 288 g/mol. The van der Waals surface area contributed by atoms with Crippen LogP contribution in [-0.4, -0.2) is 29.6 Å². The highest BCUT2D eigenvalue weighted by molar-refractivity contribution is 5.49. The summed E-state index contributed by atoms with van der Waals surface area (Å²) in [5.74, 6) is 2.92. The normalized spacial score (nSPS) is 21.5. The van der Waals surface area contributed by atoms with Gasteiger partial charge in [0.2, 0.25) is 0 Å². The maximum atomic E-state index is 4.65. The maximum absolute atomic E-state index is 4.65. The van der Waals surface area contributed by atoms with Crippen LogP contribution in [0.4, 0.5) is 11.6 Å². The highest BCUT2D eigenvalue weighted by atomic mass is 15.2. The van der Waals surface area contributed by atoms with Crippen LogP contribution < -0.4 is 10.2 Å². The second-order valence-corrected chi connectivity index (χ2v) is 6.74. The number of aryl methyl sites for hydroxylation is 1. The number of hydrogen-bond donors (Lipinski definition) is 1.